The molecule has 146 valence electrons. The van der Waals surface area contributed by atoms with Crippen LogP contribution in [0.2, 0.25) is 0 Å². The molecular weight excluding hydrogens is 376 g/mol. The van der Waals surface area contributed by atoms with Crippen molar-refractivity contribution in [3.63, 3.8) is 0 Å². The van der Waals surface area contributed by atoms with Crippen molar-refractivity contribution in [2.24, 2.45) is 0 Å². The molecule has 0 atom stereocenters. The third-order valence-corrected chi connectivity index (χ3v) is 8.65. The molecule has 0 aromatic heterocycles. The first-order valence-corrected chi connectivity index (χ1v) is 11.4. The smallest absolute Gasteiger partial charge is 0.494 e. The summed E-state index contributed by atoms with van der Waals surface area (Å²) in [4.78, 5) is 2.30. The predicted octanol–water partition coefficient (Wildman–Crippen LogP) is 3.22. The van der Waals surface area contributed by atoms with E-state index >= 15 is 0 Å². The van der Waals surface area contributed by atoms with E-state index in [1.807, 2.05) is 0 Å². The van der Waals surface area contributed by atoms with Crippen molar-refractivity contribution in [2.75, 3.05) is 6.61 Å². The number of benzene rings is 1. The molecule has 0 aliphatic rings. The topological polar surface area (TPSA) is 114 Å². The summed E-state index contributed by atoms with van der Waals surface area (Å²) in [7, 11) is -8.83. The Morgan fingerprint density at radius 1 is 1.04 bits per heavy atom. The minimum atomic E-state index is -4.48. The van der Waals surface area contributed by atoms with Gasteiger partial charge in [0.2, 0.25) is 0 Å². The lowest BCUT2D eigenvalue weighted by atomic mass is 10.2. The lowest BCUT2D eigenvalue weighted by Crippen LogP contribution is -2.39. The molecule has 9 heteroatoms. The fourth-order valence-corrected chi connectivity index (χ4v) is 5.68. The number of unbranched alkanes of at least 4 members (excludes halogenated alkanes) is 3. The summed E-state index contributed by atoms with van der Waals surface area (Å²) in [6.45, 7) is 6.63. The first-order chi connectivity index (χ1) is 12.0. The van der Waals surface area contributed by atoms with Gasteiger partial charge in [-0.15, -0.1) is 4.79 Å². The summed E-state index contributed by atoms with van der Waals surface area (Å²) in [5.74, 6) is 0.488. The Kier molecular flexibility index (Phi) is 7.56. The van der Waals surface area contributed by atoms with E-state index in [1.54, 1.807) is 0 Å². The second kappa shape index (κ2) is 8.79. The Morgan fingerprint density at radius 3 is 2.08 bits per heavy atom. The Labute approximate surface area is 155 Å². The van der Waals surface area contributed by atoms with Crippen molar-refractivity contribution < 1.29 is 26.4 Å². The number of hydrogen-bond acceptors (Lipinski definition) is 5. The summed E-state index contributed by atoms with van der Waals surface area (Å²) in [5, 5.41) is 0. The van der Waals surface area contributed by atoms with E-state index in [1.165, 1.54) is 45.0 Å². The lowest BCUT2D eigenvalue weighted by molar-refractivity contribution is 0.00366. The summed E-state index contributed by atoms with van der Waals surface area (Å²) < 4.78 is 52.8. The fraction of sp³-hybridized carbons (Fsp3) is 0.588. The van der Waals surface area contributed by atoms with Crippen LogP contribution in [-0.2, 0) is 19.7 Å². The van der Waals surface area contributed by atoms with Crippen LogP contribution in [0.25, 0.3) is 5.53 Å². The van der Waals surface area contributed by atoms with Gasteiger partial charge in [0.05, 0.1) is 16.2 Å². The van der Waals surface area contributed by atoms with Crippen molar-refractivity contribution in [2.45, 2.75) is 63.0 Å². The summed E-state index contributed by atoms with van der Waals surface area (Å²) in [5.41, 5.74) is 9.07. The molecule has 0 bridgehead atoms. The van der Waals surface area contributed by atoms with E-state index in [2.05, 4.69) is 11.7 Å². The lowest BCUT2D eigenvalue weighted by Gasteiger charge is -2.15. The Hall–Kier alpha value is -1.70. The van der Waals surface area contributed by atoms with Gasteiger partial charge in [0, 0.05) is 0 Å². The summed E-state index contributed by atoms with van der Waals surface area (Å²) >= 11 is 0. The standard InChI is InChI=1S/C17H26N2O5S2/c1-5-6-7-8-13-24-14-9-11-15(12-10-14)25(20,21)16(19-18)26(22,23)17(2,3)4/h9-12H,5-8,13H2,1-4H3. The molecule has 0 heterocycles. The number of ether oxygens (including phenoxy) is 1. The van der Waals surface area contributed by atoms with Gasteiger partial charge in [0.15, 0.2) is 0 Å². The molecule has 1 aromatic rings. The summed E-state index contributed by atoms with van der Waals surface area (Å²) in [6, 6.07) is 5.37. The van der Waals surface area contributed by atoms with Gasteiger partial charge >= 0.3 is 4.38 Å². The molecule has 26 heavy (non-hydrogen) atoms. The Balaban J connectivity index is 3.02. The highest BCUT2D eigenvalue weighted by molar-refractivity contribution is 8.31. The second-order valence-electron chi connectivity index (χ2n) is 6.87. The molecule has 0 spiro atoms. The molecule has 0 saturated carbocycles. The first-order valence-electron chi connectivity index (χ1n) is 8.43. The monoisotopic (exact) mass is 402 g/mol. The molecule has 0 amide bonds. The molecule has 0 radical (unpaired) electrons. The predicted molar refractivity (Wildman–Crippen MR) is 101 cm³/mol. The molecule has 0 fully saturated rings. The molecule has 7 nitrogen and oxygen atoms in total. The minimum Gasteiger partial charge on any atom is -0.494 e. The van der Waals surface area contributed by atoms with Crippen molar-refractivity contribution in [3.05, 3.63) is 29.8 Å². The van der Waals surface area contributed by atoms with Crippen LogP contribution in [0.3, 0.4) is 0 Å². The van der Waals surface area contributed by atoms with E-state index in [4.69, 9.17) is 10.3 Å². The van der Waals surface area contributed by atoms with Crippen LogP contribution < -0.4 is 4.74 Å². The highest BCUT2D eigenvalue weighted by Gasteiger charge is 2.49. The number of hydrogen-bond donors (Lipinski definition) is 0. The molecule has 0 saturated heterocycles. The zero-order valence-corrected chi connectivity index (χ0v) is 17.2. The number of nitrogens with zero attached hydrogens (tertiary/aromatic N) is 2. The third-order valence-electron chi connectivity index (χ3n) is 3.75. The number of rotatable bonds is 7. The van der Waals surface area contributed by atoms with Gasteiger partial charge in [-0.3, -0.25) is 0 Å². The van der Waals surface area contributed by atoms with Crippen LogP contribution >= 0.6 is 0 Å². The quantitative estimate of drug-likeness (QED) is 0.228. The Morgan fingerprint density at radius 2 is 1.62 bits per heavy atom. The highest BCUT2D eigenvalue weighted by Crippen LogP contribution is 2.24. The van der Waals surface area contributed by atoms with Gasteiger partial charge in [-0.1, -0.05) is 26.2 Å². The van der Waals surface area contributed by atoms with E-state index in [9.17, 15) is 16.8 Å². The van der Waals surface area contributed by atoms with Crippen LogP contribution in [0.15, 0.2) is 29.2 Å². The molecule has 0 aliphatic heterocycles. The molecular formula is C17H26N2O5S2. The zero-order chi connectivity index (χ0) is 20.0. The Bertz CT molecular complexity index is 861. The minimum absolute atomic E-state index is 0.281. The average Bonchev–Trinajstić information content (AvgIpc) is 2.54. The van der Waals surface area contributed by atoms with Crippen molar-refractivity contribution in [1.82, 2.24) is 0 Å². The van der Waals surface area contributed by atoms with E-state index in [0.717, 1.165) is 25.7 Å². The van der Waals surface area contributed by atoms with Crippen LogP contribution in [0.5, 0.6) is 5.75 Å². The second-order valence-corrected chi connectivity index (χ2v) is 11.6. The number of sulfone groups is 2. The SMILES string of the molecule is CCCCCCOc1ccc(S(=O)(=O)C(=[N+]=[N-])S(=O)(=O)C(C)(C)C)cc1. The van der Waals surface area contributed by atoms with Gasteiger partial charge < -0.3 is 10.3 Å². The molecule has 0 N–H and O–H groups in total. The van der Waals surface area contributed by atoms with Crippen molar-refractivity contribution >= 4 is 24.1 Å². The largest absolute Gasteiger partial charge is 0.500 e. The molecule has 0 unspecified atom stereocenters. The molecule has 0 aliphatic carbocycles. The maximum Gasteiger partial charge on any atom is 0.500 e. The van der Waals surface area contributed by atoms with Gasteiger partial charge in [-0.2, -0.15) is 0 Å². The van der Waals surface area contributed by atoms with E-state index in [-0.39, 0.29) is 4.90 Å². The van der Waals surface area contributed by atoms with E-state index < -0.39 is 28.8 Å². The van der Waals surface area contributed by atoms with Crippen molar-refractivity contribution in [1.29, 1.82) is 0 Å². The van der Waals surface area contributed by atoms with Gasteiger partial charge in [-0.05, 0) is 51.5 Å². The van der Waals surface area contributed by atoms with Gasteiger partial charge in [0.25, 0.3) is 19.7 Å². The van der Waals surface area contributed by atoms with E-state index in [0.29, 0.717) is 12.4 Å². The first kappa shape index (κ1) is 22.3. The van der Waals surface area contributed by atoms with Crippen LogP contribution in [0, 0.1) is 0 Å². The van der Waals surface area contributed by atoms with Crippen LogP contribution in [0.1, 0.15) is 53.4 Å². The van der Waals surface area contributed by atoms with Crippen LogP contribution in [-0.4, -0.2) is 37.4 Å². The zero-order valence-electron chi connectivity index (χ0n) is 15.6. The molecule has 1 rings (SSSR count). The maximum absolute atomic E-state index is 12.6. The maximum atomic E-state index is 12.6. The van der Waals surface area contributed by atoms with Crippen molar-refractivity contribution in [3.8, 4) is 5.75 Å². The fourth-order valence-electron chi connectivity index (χ4n) is 2.05. The highest BCUT2D eigenvalue weighted by atomic mass is 32.3. The molecule has 1 aromatic carbocycles. The van der Waals surface area contributed by atoms with Gasteiger partial charge in [0.1, 0.15) is 5.75 Å². The third kappa shape index (κ3) is 5.16. The van der Waals surface area contributed by atoms with Crippen LogP contribution in [0.4, 0.5) is 0 Å². The average molecular weight is 403 g/mol. The normalized spacial score (nSPS) is 12.5. The summed E-state index contributed by atoms with van der Waals surface area (Å²) in [6.07, 6.45) is 4.22. The van der Waals surface area contributed by atoms with Gasteiger partial charge in [-0.25, -0.2) is 16.8 Å².